The molecule has 0 heterocycles. The van der Waals surface area contributed by atoms with Gasteiger partial charge in [0.15, 0.2) is 0 Å². The van der Waals surface area contributed by atoms with E-state index in [1.165, 1.54) is 13.8 Å². The van der Waals surface area contributed by atoms with Gasteiger partial charge >= 0.3 is 11.9 Å². The fourth-order valence-electron chi connectivity index (χ4n) is 4.10. The third kappa shape index (κ3) is 8.92. The Morgan fingerprint density at radius 1 is 0.816 bits per heavy atom. The van der Waals surface area contributed by atoms with E-state index in [1.54, 1.807) is 0 Å². The van der Waals surface area contributed by atoms with Crippen molar-refractivity contribution in [1.29, 1.82) is 0 Å². The Morgan fingerprint density at radius 2 is 1.45 bits per heavy atom. The minimum absolute atomic E-state index is 0.0850. The molecule has 0 radical (unpaired) electrons. The summed E-state index contributed by atoms with van der Waals surface area (Å²) in [5.41, 5.74) is 8.49. The molecule has 1 amide bonds. The highest BCUT2D eigenvalue weighted by molar-refractivity contribution is 6.32. The SMILES string of the molecule is CC(=O)OCC(CCc1cccc(-c2ccc(OCc3ccccc3)c(Cl)c2)c1)(COC(C)=O)CC(N)=O. The second kappa shape index (κ2) is 13.6. The molecular formula is C30H32ClNO6. The van der Waals surface area contributed by atoms with Crippen molar-refractivity contribution in [2.75, 3.05) is 13.2 Å². The maximum Gasteiger partial charge on any atom is 0.302 e. The minimum Gasteiger partial charge on any atom is -0.487 e. The number of primary amides is 1. The third-order valence-electron chi connectivity index (χ3n) is 6.09. The lowest BCUT2D eigenvalue weighted by molar-refractivity contribution is -0.154. The van der Waals surface area contributed by atoms with E-state index in [9.17, 15) is 14.4 Å². The molecule has 0 aromatic heterocycles. The average Bonchev–Trinajstić information content (AvgIpc) is 2.89. The van der Waals surface area contributed by atoms with Gasteiger partial charge in [-0.25, -0.2) is 0 Å². The standard InChI is InChI=1S/C30H32ClNO6/c1-21(33)37-19-30(17-29(32)35,20-38-22(2)34)14-13-23-9-6-10-25(15-23)26-11-12-28(27(31)16-26)36-18-24-7-4-3-5-8-24/h3-12,15-16H,13-14,17-20H2,1-2H3,(H2,32,35). The molecule has 0 atom stereocenters. The summed E-state index contributed by atoms with van der Waals surface area (Å²) < 4.78 is 16.3. The van der Waals surface area contributed by atoms with Crippen molar-refractivity contribution in [3.05, 3.63) is 88.9 Å². The van der Waals surface area contributed by atoms with E-state index in [0.29, 0.717) is 30.2 Å². The van der Waals surface area contributed by atoms with Crippen LogP contribution in [0.4, 0.5) is 0 Å². The van der Waals surface area contributed by atoms with Crippen molar-refractivity contribution >= 4 is 29.4 Å². The molecule has 0 fully saturated rings. The number of rotatable bonds is 13. The zero-order valence-corrected chi connectivity index (χ0v) is 22.3. The molecule has 0 saturated carbocycles. The van der Waals surface area contributed by atoms with E-state index >= 15 is 0 Å². The van der Waals surface area contributed by atoms with Gasteiger partial charge in [0, 0.05) is 25.7 Å². The largest absolute Gasteiger partial charge is 0.487 e. The van der Waals surface area contributed by atoms with Gasteiger partial charge in [0.2, 0.25) is 5.91 Å². The Balaban J connectivity index is 1.75. The normalized spacial score (nSPS) is 11.0. The number of carbonyl (C=O) groups is 3. The van der Waals surface area contributed by atoms with Crippen LogP contribution in [-0.4, -0.2) is 31.1 Å². The Kier molecular flexibility index (Phi) is 10.3. The lowest BCUT2D eigenvalue weighted by Crippen LogP contribution is -2.38. The van der Waals surface area contributed by atoms with Crippen LogP contribution in [0.15, 0.2) is 72.8 Å². The summed E-state index contributed by atoms with van der Waals surface area (Å²) in [7, 11) is 0. The van der Waals surface area contributed by atoms with Crippen LogP contribution >= 0.6 is 11.6 Å². The highest BCUT2D eigenvalue weighted by Gasteiger charge is 2.35. The van der Waals surface area contributed by atoms with Crippen LogP contribution in [0.2, 0.25) is 5.02 Å². The Hall–Kier alpha value is -3.84. The molecule has 0 unspecified atom stereocenters. The summed E-state index contributed by atoms with van der Waals surface area (Å²) in [5, 5.41) is 0.507. The molecule has 0 spiro atoms. The van der Waals surface area contributed by atoms with Crippen molar-refractivity contribution < 1.29 is 28.6 Å². The molecular weight excluding hydrogens is 506 g/mol. The highest BCUT2D eigenvalue weighted by Crippen LogP contribution is 2.33. The van der Waals surface area contributed by atoms with Crippen LogP contribution < -0.4 is 10.5 Å². The van der Waals surface area contributed by atoms with Crippen LogP contribution in [0.25, 0.3) is 11.1 Å². The summed E-state index contributed by atoms with van der Waals surface area (Å²) in [5.74, 6) is -0.946. The summed E-state index contributed by atoms with van der Waals surface area (Å²) in [6.07, 6.45) is 0.857. The first-order chi connectivity index (χ1) is 18.2. The van der Waals surface area contributed by atoms with Gasteiger partial charge in [-0.2, -0.15) is 0 Å². The number of ether oxygens (including phenoxy) is 3. The van der Waals surface area contributed by atoms with Gasteiger partial charge in [-0.05, 0) is 47.2 Å². The second-order valence-corrected chi connectivity index (χ2v) is 9.73. The maximum atomic E-state index is 11.9. The predicted molar refractivity (Wildman–Crippen MR) is 145 cm³/mol. The zero-order valence-electron chi connectivity index (χ0n) is 21.6. The molecule has 7 nitrogen and oxygen atoms in total. The first kappa shape index (κ1) is 28.7. The first-order valence-electron chi connectivity index (χ1n) is 12.3. The van der Waals surface area contributed by atoms with Crippen molar-refractivity contribution in [3.63, 3.8) is 0 Å². The first-order valence-corrected chi connectivity index (χ1v) is 12.6. The lowest BCUT2D eigenvalue weighted by atomic mass is 9.80. The molecule has 3 aromatic carbocycles. The van der Waals surface area contributed by atoms with Crippen LogP contribution in [0, 0.1) is 5.41 Å². The number of amides is 1. The molecule has 0 aliphatic heterocycles. The van der Waals surface area contributed by atoms with Crippen LogP contribution in [0.1, 0.15) is 37.8 Å². The van der Waals surface area contributed by atoms with Gasteiger partial charge in [0.1, 0.15) is 25.6 Å². The van der Waals surface area contributed by atoms with Gasteiger partial charge < -0.3 is 19.9 Å². The lowest BCUT2D eigenvalue weighted by Gasteiger charge is -2.31. The van der Waals surface area contributed by atoms with Gasteiger partial charge in [0.25, 0.3) is 0 Å². The number of esters is 2. The van der Waals surface area contributed by atoms with E-state index in [0.717, 1.165) is 22.3 Å². The topological polar surface area (TPSA) is 105 Å². The molecule has 0 aliphatic carbocycles. The Bertz CT molecular complexity index is 1240. The Labute approximate surface area is 227 Å². The van der Waals surface area contributed by atoms with E-state index in [2.05, 4.69) is 0 Å². The molecule has 0 bridgehead atoms. The van der Waals surface area contributed by atoms with Crippen molar-refractivity contribution in [3.8, 4) is 16.9 Å². The molecule has 3 rings (SSSR count). The predicted octanol–water partition coefficient (Wildman–Crippen LogP) is 5.51. The number of hydrogen-bond donors (Lipinski definition) is 1. The molecule has 38 heavy (non-hydrogen) atoms. The van der Waals surface area contributed by atoms with Gasteiger partial charge in [0.05, 0.1) is 5.02 Å². The van der Waals surface area contributed by atoms with E-state index in [-0.39, 0.29) is 19.6 Å². The Morgan fingerprint density at radius 3 is 2.05 bits per heavy atom. The fraction of sp³-hybridized carbons (Fsp3) is 0.300. The smallest absolute Gasteiger partial charge is 0.302 e. The molecule has 0 saturated heterocycles. The average molecular weight is 538 g/mol. The highest BCUT2D eigenvalue weighted by atomic mass is 35.5. The fourth-order valence-corrected chi connectivity index (χ4v) is 4.34. The summed E-state index contributed by atoms with van der Waals surface area (Å²) in [6, 6.07) is 23.4. The van der Waals surface area contributed by atoms with Crippen LogP contribution in [0.3, 0.4) is 0 Å². The van der Waals surface area contributed by atoms with E-state index in [1.807, 2.05) is 72.8 Å². The number of hydrogen-bond acceptors (Lipinski definition) is 6. The van der Waals surface area contributed by atoms with E-state index in [4.69, 9.17) is 31.5 Å². The van der Waals surface area contributed by atoms with Crippen molar-refractivity contribution in [2.24, 2.45) is 11.1 Å². The molecule has 2 N–H and O–H groups in total. The van der Waals surface area contributed by atoms with Gasteiger partial charge in [-0.1, -0.05) is 72.3 Å². The number of aryl methyl sites for hydroxylation is 1. The minimum atomic E-state index is -0.930. The number of halogens is 1. The van der Waals surface area contributed by atoms with Gasteiger partial charge in [-0.3, -0.25) is 14.4 Å². The number of benzene rings is 3. The maximum absolute atomic E-state index is 11.9. The third-order valence-corrected chi connectivity index (χ3v) is 6.38. The van der Waals surface area contributed by atoms with Crippen molar-refractivity contribution in [1.82, 2.24) is 0 Å². The molecule has 0 aliphatic rings. The summed E-state index contributed by atoms with van der Waals surface area (Å²) in [4.78, 5) is 34.8. The monoisotopic (exact) mass is 537 g/mol. The molecule has 200 valence electrons. The van der Waals surface area contributed by atoms with Crippen LogP contribution in [0.5, 0.6) is 5.75 Å². The summed E-state index contributed by atoms with van der Waals surface area (Å²) in [6.45, 7) is 2.82. The molecule has 8 heteroatoms. The number of carbonyl (C=O) groups excluding carboxylic acids is 3. The van der Waals surface area contributed by atoms with Crippen LogP contribution in [-0.2, 0) is 36.9 Å². The quantitative estimate of drug-likeness (QED) is 0.288. The second-order valence-electron chi connectivity index (χ2n) is 9.32. The molecule has 3 aromatic rings. The van der Waals surface area contributed by atoms with Crippen molar-refractivity contribution in [2.45, 2.75) is 39.7 Å². The summed E-state index contributed by atoms with van der Waals surface area (Å²) >= 11 is 6.52. The van der Waals surface area contributed by atoms with Gasteiger partial charge in [-0.15, -0.1) is 0 Å². The van der Waals surface area contributed by atoms with E-state index < -0.39 is 23.3 Å². The number of nitrogens with two attached hydrogens (primary N) is 1. The zero-order chi connectivity index (χ0) is 27.5.